The second-order valence-corrected chi connectivity index (χ2v) is 5.63. The van der Waals surface area contributed by atoms with E-state index < -0.39 is 0 Å². The fraction of sp³-hybridized carbons (Fsp3) is 0.357. The van der Waals surface area contributed by atoms with Crippen molar-refractivity contribution in [2.75, 3.05) is 12.3 Å². The maximum atomic E-state index is 6.06. The van der Waals surface area contributed by atoms with Gasteiger partial charge in [-0.1, -0.05) is 0 Å². The first-order valence-electron chi connectivity index (χ1n) is 6.25. The molecule has 1 aromatic carbocycles. The van der Waals surface area contributed by atoms with Crippen molar-refractivity contribution >= 4 is 16.5 Å². The van der Waals surface area contributed by atoms with E-state index in [2.05, 4.69) is 18.8 Å². The Kier molecular flexibility index (Phi) is 3.06. The van der Waals surface area contributed by atoms with Gasteiger partial charge in [0, 0.05) is 11.8 Å². The van der Waals surface area contributed by atoms with Crippen molar-refractivity contribution in [3.8, 4) is 11.5 Å². The molecule has 2 N–H and O–H groups in total. The molecule has 1 aliphatic rings. The largest absolute Gasteiger partial charge is 0.490 e. The van der Waals surface area contributed by atoms with Crippen LogP contribution >= 0.6 is 11.3 Å². The molecule has 0 radical (unpaired) electrons. The summed E-state index contributed by atoms with van der Waals surface area (Å²) in [7, 11) is 0. The van der Waals surface area contributed by atoms with Crippen LogP contribution in [0.25, 0.3) is 0 Å². The minimum absolute atomic E-state index is 0.0862. The third-order valence-electron chi connectivity index (χ3n) is 3.34. The van der Waals surface area contributed by atoms with Crippen molar-refractivity contribution in [3.63, 3.8) is 0 Å². The average molecular weight is 276 g/mol. The Hall–Kier alpha value is -1.75. The third-order valence-corrected chi connectivity index (χ3v) is 4.03. The average Bonchev–Trinajstić information content (AvgIpc) is 2.70. The molecule has 0 aliphatic carbocycles. The highest BCUT2D eigenvalue weighted by Gasteiger charge is 2.22. The number of ether oxygens (including phenoxy) is 2. The standard InChI is InChI=1S/C14H16N2O2S/c1-8-5-12-13(6-9(8)2)18-11(3-4-17-12)10-7-19-14(15)16-10/h5-7,11H,3-4H2,1-2H3,(H2,15,16). The number of hydrogen-bond donors (Lipinski definition) is 1. The lowest BCUT2D eigenvalue weighted by molar-refractivity contribution is 0.191. The minimum Gasteiger partial charge on any atom is -0.490 e. The number of thiazole rings is 1. The summed E-state index contributed by atoms with van der Waals surface area (Å²) in [5, 5.41) is 2.52. The highest BCUT2D eigenvalue weighted by Crippen LogP contribution is 2.37. The van der Waals surface area contributed by atoms with Crippen molar-refractivity contribution in [1.82, 2.24) is 4.98 Å². The van der Waals surface area contributed by atoms with Crippen LogP contribution < -0.4 is 15.2 Å². The van der Waals surface area contributed by atoms with E-state index >= 15 is 0 Å². The zero-order valence-corrected chi connectivity index (χ0v) is 11.8. The van der Waals surface area contributed by atoms with Crippen molar-refractivity contribution in [2.24, 2.45) is 0 Å². The van der Waals surface area contributed by atoms with E-state index in [0.717, 1.165) is 23.6 Å². The highest BCUT2D eigenvalue weighted by atomic mass is 32.1. The van der Waals surface area contributed by atoms with Crippen molar-refractivity contribution in [3.05, 3.63) is 34.3 Å². The Bertz CT molecular complexity index is 609. The van der Waals surface area contributed by atoms with Crippen molar-refractivity contribution < 1.29 is 9.47 Å². The quantitative estimate of drug-likeness (QED) is 0.868. The van der Waals surface area contributed by atoms with Crippen molar-refractivity contribution in [2.45, 2.75) is 26.4 Å². The molecule has 1 aromatic heterocycles. The molecule has 0 bridgehead atoms. The smallest absolute Gasteiger partial charge is 0.180 e. The molecule has 3 rings (SSSR count). The summed E-state index contributed by atoms with van der Waals surface area (Å²) < 4.78 is 11.8. The van der Waals surface area contributed by atoms with Gasteiger partial charge < -0.3 is 15.2 Å². The summed E-state index contributed by atoms with van der Waals surface area (Å²) in [6, 6.07) is 4.06. The number of anilines is 1. The molecule has 1 unspecified atom stereocenters. The van der Waals surface area contributed by atoms with E-state index in [-0.39, 0.29) is 6.10 Å². The van der Waals surface area contributed by atoms with Crippen LogP contribution in [0.3, 0.4) is 0 Å². The van der Waals surface area contributed by atoms with E-state index in [9.17, 15) is 0 Å². The van der Waals surface area contributed by atoms with Gasteiger partial charge in [0.25, 0.3) is 0 Å². The SMILES string of the molecule is Cc1cc2c(cc1C)OC(c1csc(N)n1)CCO2. The molecular weight excluding hydrogens is 260 g/mol. The van der Waals surface area contributed by atoms with E-state index in [0.29, 0.717) is 11.7 Å². The zero-order chi connectivity index (χ0) is 13.4. The Balaban J connectivity index is 1.94. The zero-order valence-electron chi connectivity index (χ0n) is 11.0. The number of aryl methyl sites for hydroxylation is 2. The first-order chi connectivity index (χ1) is 9.13. The van der Waals surface area contributed by atoms with Gasteiger partial charge in [-0.25, -0.2) is 4.98 Å². The fourth-order valence-electron chi connectivity index (χ4n) is 2.11. The monoisotopic (exact) mass is 276 g/mol. The van der Waals surface area contributed by atoms with Crippen LogP contribution in [0.2, 0.25) is 0 Å². The van der Waals surface area contributed by atoms with Gasteiger partial charge in [0.1, 0.15) is 6.10 Å². The Labute approximate surface area is 116 Å². The van der Waals surface area contributed by atoms with Gasteiger partial charge >= 0.3 is 0 Å². The molecule has 0 amide bonds. The normalized spacial score (nSPS) is 18.1. The number of rotatable bonds is 1. The molecule has 2 aromatic rings. The summed E-state index contributed by atoms with van der Waals surface area (Å²) in [6.45, 7) is 4.76. The second-order valence-electron chi connectivity index (χ2n) is 4.74. The molecule has 2 heterocycles. The number of hydrogen-bond acceptors (Lipinski definition) is 5. The molecule has 1 atom stereocenters. The first-order valence-corrected chi connectivity index (χ1v) is 7.13. The molecule has 4 nitrogen and oxygen atoms in total. The molecule has 100 valence electrons. The van der Waals surface area contributed by atoms with Crippen LogP contribution in [0.5, 0.6) is 11.5 Å². The van der Waals surface area contributed by atoms with Crippen LogP contribution in [-0.2, 0) is 0 Å². The van der Waals surface area contributed by atoms with Gasteiger partial charge in [-0.05, 0) is 37.1 Å². The van der Waals surface area contributed by atoms with Crippen LogP contribution in [0, 0.1) is 13.8 Å². The number of nitrogens with zero attached hydrogens (tertiary/aromatic N) is 1. The topological polar surface area (TPSA) is 57.4 Å². The molecule has 0 fully saturated rings. The maximum absolute atomic E-state index is 6.06. The predicted octanol–water partition coefficient (Wildman–Crippen LogP) is 3.24. The molecule has 19 heavy (non-hydrogen) atoms. The van der Waals surface area contributed by atoms with Gasteiger partial charge in [-0.15, -0.1) is 11.3 Å². The number of fused-ring (bicyclic) bond motifs is 1. The lowest BCUT2D eigenvalue weighted by atomic mass is 10.1. The van der Waals surface area contributed by atoms with Gasteiger partial charge in [0.2, 0.25) is 0 Å². The highest BCUT2D eigenvalue weighted by molar-refractivity contribution is 7.13. The number of nitrogens with two attached hydrogens (primary N) is 1. The van der Waals surface area contributed by atoms with E-state index in [1.807, 2.05) is 17.5 Å². The Morgan fingerprint density at radius 3 is 2.68 bits per heavy atom. The summed E-state index contributed by atoms with van der Waals surface area (Å²) in [4.78, 5) is 4.30. The third kappa shape index (κ3) is 2.38. The molecule has 1 aliphatic heterocycles. The lowest BCUT2D eigenvalue weighted by Crippen LogP contribution is -2.09. The number of aromatic nitrogens is 1. The molecule has 5 heteroatoms. The predicted molar refractivity (Wildman–Crippen MR) is 75.9 cm³/mol. The van der Waals surface area contributed by atoms with Crippen LogP contribution in [0.4, 0.5) is 5.13 Å². The van der Waals surface area contributed by atoms with Crippen LogP contribution in [0.1, 0.15) is 29.3 Å². The summed E-state index contributed by atoms with van der Waals surface area (Å²) >= 11 is 1.44. The number of benzene rings is 1. The molecule has 0 saturated heterocycles. The Morgan fingerprint density at radius 1 is 1.26 bits per heavy atom. The summed E-state index contributed by atoms with van der Waals surface area (Å²) in [5.74, 6) is 1.60. The lowest BCUT2D eigenvalue weighted by Gasteiger charge is -2.15. The summed E-state index contributed by atoms with van der Waals surface area (Å²) in [5.41, 5.74) is 8.97. The number of nitrogen functional groups attached to an aromatic ring is 1. The van der Waals surface area contributed by atoms with Crippen molar-refractivity contribution in [1.29, 1.82) is 0 Å². The van der Waals surface area contributed by atoms with Gasteiger partial charge in [-0.2, -0.15) is 0 Å². The first kappa shape index (κ1) is 12.3. The van der Waals surface area contributed by atoms with Gasteiger partial charge in [-0.3, -0.25) is 0 Å². The van der Waals surface area contributed by atoms with Crippen LogP contribution in [0.15, 0.2) is 17.5 Å². The Morgan fingerprint density at radius 2 is 2.00 bits per heavy atom. The minimum atomic E-state index is -0.0862. The van der Waals surface area contributed by atoms with E-state index in [1.54, 1.807) is 0 Å². The van der Waals surface area contributed by atoms with Crippen LogP contribution in [-0.4, -0.2) is 11.6 Å². The fourth-order valence-corrected chi connectivity index (χ4v) is 2.72. The second kappa shape index (κ2) is 4.74. The molecular formula is C14H16N2O2S. The van der Waals surface area contributed by atoms with Gasteiger partial charge in [0.05, 0.1) is 12.3 Å². The van der Waals surface area contributed by atoms with E-state index in [4.69, 9.17) is 15.2 Å². The van der Waals surface area contributed by atoms with E-state index in [1.165, 1.54) is 22.5 Å². The maximum Gasteiger partial charge on any atom is 0.180 e. The summed E-state index contributed by atoms with van der Waals surface area (Å²) in [6.07, 6.45) is 0.688. The molecule has 0 saturated carbocycles. The van der Waals surface area contributed by atoms with Gasteiger partial charge in [0.15, 0.2) is 16.6 Å². The molecule has 0 spiro atoms.